The van der Waals surface area contributed by atoms with Crippen molar-refractivity contribution < 1.29 is 0 Å². The summed E-state index contributed by atoms with van der Waals surface area (Å²) in [6.07, 6.45) is 1.25. The van der Waals surface area contributed by atoms with Gasteiger partial charge in [0.25, 0.3) is 0 Å². The molecule has 2 heterocycles. The van der Waals surface area contributed by atoms with Gasteiger partial charge in [-0.15, -0.1) is 0 Å². The van der Waals surface area contributed by atoms with Crippen LogP contribution in [0.1, 0.15) is 13.3 Å². The van der Waals surface area contributed by atoms with Crippen LogP contribution in [0.25, 0.3) is 10.2 Å². The molecule has 1 atom stereocenters. The van der Waals surface area contributed by atoms with Crippen LogP contribution in [-0.4, -0.2) is 42.6 Å². The molecule has 18 heavy (non-hydrogen) atoms. The van der Waals surface area contributed by atoms with Crippen LogP contribution in [0.3, 0.4) is 0 Å². The number of nitrogens with zero attached hydrogens (tertiary/aromatic N) is 3. The van der Waals surface area contributed by atoms with Gasteiger partial charge in [0.1, 0.15) is 0 Å². The Morgan fingerprint density at radius 1 is 1.44 bits per heavy atom. The Bertz CT molecular complexity index is 504. The van der Waals surface area contributed by atoms with Gasteiger partial charge in [0.05, 0.1) is 10.2 Å². The molecule has 3 rings (SSSR count). The Kier molecular flexibility index (Phi) is 3.22. The van der Waals surface area contributed by atoms with Crippen molar-refractivity contribution >= 4 is 26.7 Å². The van der Waals surface area contributed by atoms with Crippen LogP contribution in [0.15, 0.2) is 24.3 Å². The van der Waals surface area contributed by atoms with Crippen LogP contribution in [0.4, 0.5) is 5.13 Å². The molecule has 1 aliphatic rings. The molecule has 3 nitrogen and oxygen atoms in total. The first-order chi connectivity index (χ1) is 8.78. The molecular weight excluding hydrogens is 242 g/mol. The first kappa shape index (κ1) is 11.9. The van der Waals surface area contributed by atoms with Gasteiger partial charge in [0.2, 0.25) is 0 Å². The number of anilines is 1. The lowest BCUT2D eigenvalue weighted by Gasteiger charge is -2.22. The van der Waals surface area contributed by atoms with Gasteiger partial charge in [-0.3, -0.25) is 0 Å². The number of thiazole rings is 1. The molecule has 2 aromatic rings. The predicted molar refractivity (Wildman–Crippen MR) is 78.5 cm³/mol. The van der Waals surface area contributed by atoms with Crippen LogP contribution >= 0.6 is 11.3 Å². The van der Waals surface area contributed by atoms with Crippen molar-refractivity contribution in [2.24, 2.45) is 0 Å². The molecular formula is C14H19N3S. The van der Waals surface area contributed by atoms with Crippen LogP contribution in [0.2, 0.25) is 0 Å². The summed E-state index contributed by atoms with van der Waals surface area (Å²) in [5, 5.41) is 1.18. The zero-order chi connectivity index (χ0) is 12.5. The lowest BCUT2D eigenvalue weighted by Crippen LogP contribution is -2.34. The van der Waals surface area contributed by atoms with Crippen molar-refractivity contribution in [1.29, 1.82) is 0 Å². The summed E-state index contributed by atoms with van der Waals surface area (Å²) in [5.74, 6) is 0. The third-order valence-electron chi connectivity index (χ3n) is 3.84. The third-order valence-corrected chi connectivity index (χ3v) is 4.94. The fourth-order valence-corrected chi connectivity index (χ4v) is 3.53. The van der Waals surface area contributed by atoms with Gasteiger partial charge >= 0.3 is 0 Å². The van der Waals surface area contributed by atoms with E-state index in [0.717, 1.165) is 25.2 Å². The van der Waals surface area contributed by atoms with E-state index in [4.69, 9.17) is 4.98 Å². The summed E-state index contributed by atoms with van der Waals surface area (Å²) in [4.78, 5) is 9.61. The van der Waals surface area contributed by atoms with Gasteiger partial charge in [-0.05, 0) is 32.1 Å². The van der Waals surface area contributed by atoms with E-state index >= 15 is 0 Å². The molecule has 0 bridgehead atoms. The minimum atomic E-state index is 0.682. The maximum Gasteiger partial charge on any atom is 0.186 e. The van der Waals surface area contributed by atoms with Gasteiger partial charge < -0.3 is 9.80 Å². The fourth-order valence-electron chi connectivity index (χ4n) is 2.53. The smallest absolute Gasteiger partial charge is 0.186 e. The number of benzene rings is 1. The topological polar surface area (TPSA) is 19.4 Å². The second-order valence-corrected chi connectivity index (χ2v) is 5.94. The van der Waals surface area contributed by atoms with Gasteiger partial charge in [0, 0.05) is 19.1 Å². The highest BCUT2D eigenvalue weighted by atomic mass is 32.1. The maximum absolute atomic E-state index is 4.74. The van der Waals surface area contributed by atoms with Crippen molar-refractivity contribution in [1.82, 2.24) is 9.88 Å². The molecule has 96 valence electrons. The number of hydrogen-bond acceptors (Lipinski definition) is 4. The van der Waals surface area contributed by atoms with Crippen molar-refractivity contribution in [3.8, 4) is 0 Å². The molecule has 1 unspecified atom stereocenters. The first-order valence-electron chi connectivity index (χ1n) is 6.58. The minimum Gasteiger partial charge on any atom is -0.346 e. The SMILES string of the molecule is CCN(C)C1CCN(c2nc3ccccc3s2)C1. The lowest BCUT2D eigenvalue weighted by atomic mass is 10.2. The zero-order valence-electron chi connectivity index (χ0n) is 11.0. The summed E-state index contributed by atoms with van der Waals surface area (Å²) < 4.78 is 1.29. The molecule has 1 aromatic carbocycles. The Labute approximate surface area is 112 Å². The van der Waals surface area contributed by atoms with Gasteiger partial charge in [0.15, 0.2) is 5.13 Å². The molecule has 0 spiro atoms. The Balaban J connectivity index is 1.79. The summed E-state index contributed by atoms with van der Waals surface area (Å²) in [6.45, 7) is 5.59. The Hall–Kier alpha value is -1.13. The standard InChI is InChI=1S/C14H19N3S/c1-3-16(2)11-8-9-17(10-11)14-15-12-6-4-5-7-13(12)18-14/h4-7,11H,3,8-10H2,1-2H3. The minimum absolute atomic E-state index is 0.682. The highest BCUT2D eigenvalue weighted by molar-refractivity contribution is 7.22. The van der Waals surface area contributed by atoms with Gasteiger partial charge in [-0.1, -0.05) is 30.4 Å². The second kappa shape index (κ2) is 4.86. The lowest BCUT2D eigenvalue weighted by molar-refractivity contribution is 0.272. The number of para-hydroxylation sites is 1. The molecule has 1 aliphatic heterocycles. The molecule has 1 fully saturated rings. The van der Waals surface area contributed by atoms with Crippen molar-refractivity contribution in [2.45, 2.75) is 19.4 Å². The van der Waals surface area contributed by atoms with E-state index in [0.29, 0.717) is 6.04 Å². The third kappa shape index (κ3) is 2.10. The van der Waals surface area contributed by atoms with Crippen LogP contribution in [-0.2, 0) is 0 Å². The molecule has 0 radical (unpaired) electrons. The molecule has 1 saturated heterocycles. The number of rotatable bonds is 3. The molecule has 1 aromatic heterocycles. The van der Waals surface area contributed by atoms with Crippen LogP contribution < -0.4 is 4.90 Å². The maximum atomic E-state index is 4.74. The average molecular weight is 261 g/mol. The number of hydrogen-bond donors (Lipinski definition) is 0. The van der Waals surface area contributed by atoms with E-state index in [-0.39, 0.29) is 0 Å². The molecule has 0 amide bonds. The van der Waals surface area contributed by atoms with Crippen LogP contribution in [0, 0.1) is 0 Å². The summed E-state index contributed by atoms with van der Waals surface area (Å²) >= 11 is 1.81. The molecule has 0 N–H and O–H groups in total. The van der Waals surface area contributed by atoms with E-state index in [1.807, 2.05) is 11.3 Å². The quantitative estimate of drug-likeness (QED) is 0.847. The van der Waals surface area contributed by atoms with E-state index < -0.39 is 0 Å². The fraction of sp³-hybridized carbons (Fsp3) is 0.500. The summed E-state index contributed by atoms with van der Waals surface area (Å²) in [7, 11) is 2.21. The monoisotopic (exact) mass is 261 g/mol. The normalized spacial score (nSPS) is 20.2. The van der Waals surface area contributed by atoms with Crippen molar-refractivity contribution in [2.75, 3.05) is 31.6 Å². The molecule has 4 heteroatoms. The van der Waals surface area contributed by atoms with Crippen molar-refractivity contribution in [3.63, 3.8) is 0 Å². The number of likely N-dealkylation sites (N-methyl/N-ethyl adjacent to an activating group) is 1. The van der Waals surface area contributed by atoms with Gasteiger partial charge in [-0.25, -0.2) is 4.98 Å². The predicted octanol–water partition coefficient (Wildman–Crippen LogP) is 2.83. The van der Waals surface area contributed by atoms with Gasteiger partial charge in [-0.2, -0.15) is 0 Å². The van der Waals surface area contributed by atoms with E-state index in [9.17, 15) is 0 Å². The first-order valence-corrected chi connectivity index (χ1v) is 7.40. The Morgan fingerprint density at radius 3 is 3.06 bits per heavy atom. The molecule has 0 saturated carbocycles. The summed E-state index contributed by atoms with van der Waals surface area (Å²) in [6, 6.07) is 9.08. The number of aromatic nitrogens is 1. The van der Waals surface area contributed by atoms with E-state index in [2.05, 4.69) is 48.0 Å². The second-order valence-electron chi connectivity index (χ2n) is 4.93. The van der Waals surface area contributed by atoms with Crippen molar-refractivity contribution in [3.05, 3.63) is 24.3 Å². The highest BCUT2D eigenvalue weighted by Gasteiger charge is 2.26. The van der Waals surface area contributed by atoms with Crippen LogP contribution in [0.5, 0.6) is 0 Å². The average Bonchev–Trinajstić information content (AvgIpc) is 3.03. The summed E-state index contributed by atoms with van der Waals surface area (Å²) in [5.41, 5.74) is 1.13. The number of fused-ring (bicyclic) bond motifs is 1. The molecule has 0 aliphatic carbocycles. The van der Waals surface area contributed by atoms with E-state index in [1.165, 1.54) is 16.3 Å². The zero-order valence-corrected chi connectivity index (χ0v) is 11.8. The highest BCUT2D eigenvalue weighted by Crippen LogP contribution is 2.31. The Morgan fingerprint density at radius 2 is 2.28 bits per heavy atom. The van der Waals surface area contributed by atoms with E-state index in [1.54, 1.807) is 0 Å². The largest absolute Gasteiger partial charge is 0.346 e.